The van der Waals surface area contributed by atoms with Gasteiger partial charge in [-0.2, -0.15) is 0 Å². The predicted molar refractivity (Wildman–Crippen MR) is 97.2 cm³/mol. The van der Waals surface area contributed by atoms with Crippen molar-refractivity contribution < 1.29 is 4.74 Å². The minimum Gasteiger partial charge on any atom is -0.492 e. The molecule has 2 aromatic heterocycles. The van der Waals surface area contributed by atoms with E-state index < -0.39 is 0 Å². The molecule has 0 saturated carbocycles. The fraction of sp³-hybridized carbons (Fsp3) is 0.438. The van der Waals surface area contributed by atoms with Crippen LogP contribution in [0.2, 0.25) is 0 Å². The van der Waals surface area contributed by atoms with Crippen LogP contribution in [-0.2, 0) is 0 Å². The third-order valence-electron chi connectivity index (χ3n) is 3.06. The smallest absolute Gasteiger partial charge is 0.137 e. The SMILES string of the molecule is CCCNC(c1cncc(OCCC)c1)c1csc(I)c1. The lowest BCUT2D eigenvalue weighted by Crippen LogP contribution is -2.23. The summed E-state index contributed by atoms with van der Waals surface area (Å²) in [6, 6.07) is 4.51. The summed E-state index contributed by atoms with van der Waals surface area (Å²) in [6.45, 7) is 6.00. The zero-order valence-electron chi connectivity index (χ0n) is 12.4. The number of pyridine rings is 1. The second-order valence-electron chi connectivity index (χ2n) is 4.87. The predicted octanol–water partition coefficient (Wildman–Crippen LogP) is 4.63. The van der Waals surface area contributed by atoms with Crippen molar-refractivity contribution in [1.29, 1.82) is 0 Å². The lowest BCUT2D eigenvalue weighted by molar-refractivity contribution is 0.315. The molecule has 0 aliphatic carbocycles. The van der Waals surface area contributed by atoms with E-state index in [9.17, 15) is 0 Å². The van der Waals surface area contributed by atoms with E-state index >= 15 is 0 Å². The van der Waals surface area contributed by atoms with Gasteiger partial charge in [-0.15, -0.1) is 11.3 Å². The van der Waals surface area contributed by atoms with E-state index in [0.29, 0.717) is 0 Å². The van der Waals surface area contributed by atoms with Gasteiger partial charge in [0.25, 0.3) is 0 Å². The van der Waals surface area contributed by atoms with E-state index in [-0.39, 0.29) is 6.04 Å². The second-order valence-corrected chi connectivity index (χ2v) is 7.68. The quantitative estimate of drug-likeness (QED) is 0.638. The molecule has 2 aromatic rings. The molecule has 2 heterocycles. The molecule has 1 unspecified atom stereocenters. The maximum atomic E-state index is 5.70. The topological polar surface area (TPSA) is 34.2 Å². The average Bonchev–Trinajstić information content (AvgIpc) is 2.92. The van der Waals surface area contributed by atoms with Gasteiger partial charge in [-0.05, 0) is 70.6 Å². The third-order valence-corrected chi connectivity index (χ3v) is 4.87. The van der Waals surface area contributed by atoms with Crippen LogP contribution >= 0.6 is 33.9 Å². The van der Waals surface area contributed by atoms with Crippen LogP contribution in [-0.4, -0.2) is 18.1 Å². The second kappa shape index (κ2) is 8.70. The van der Waals surface area contributed by atoms with E-state index in [0.717, 1.165) is 37.3 Å². The number of thiophene rings is 1. The first kappa shape index (κ1) is 16.7. The maximum absolute atomic E-state index is 5.70. The zero-order valence-corrected chi connectivity index (χ0v) is 15.4. The average molecular weight is 416 g/mol. The highest BCUT2D eigenvalue weighted by molar-refractivity contribution is 14.1. The highest BCUT2D eigenvalue weighted by atomic mass is 127. The van der Waals surface area contributed by atoms with Crippen LogP contribution in [0, 0.1) is 2.88 Å². The van der Waals surface area contributed by atoms with Gasteiger partial charge in [0.05, 0.1) is 21.7 Å². The molecule has 3 nitrogen and oxygen atoms in total. The maximum Gasteiger partial charge on any atom is 0.137 e. The number of ether oxygens (including phenoxy) is 1. The van der Waals surface area contributed by atoms with Crippen molar-refractivity contribution in [2.45, 2.75) is 32.7 Å². The van der Waals surface area contributed by atoms with Crippen molar-refractivity contribution in [3.8, 4) is 5.75 Å². The Morgan fingerprint density at radius 3 is 2.76 bits per heavy atom. The number of hydrogen-bond acceptors (Lipinski definition) is 4. The molecule has 0 aromatic carbocycles. The van der Waals surface area contributed by atoms with Gasteiger partial charge in [0.15, 0.2) is 0 Å². The van der Waals surface area contributed by atoms with Crippen molar-refractivity contribution >= 4 is 33.9 Å². The summed E-state index contributed by atoms with van der Waals surface area (Å²) in [5, 5.41) is 5.82. The fourth-order valence-electron chi connectivity index (χ4n) is 2.08. The number of rotatable bonds is 8. The van der Waals surface area contributed by atoms with E-state index in [4.69, 9.17) is 4.74 Å². The van der Waals surface area contributed by atoms with Crippen molar-refractivity contribution in [2.24, 2.45) is 0 Å². The Bertz CT molecular complexity index is 559. The molecular weight excluding hydrogens is 395 g/mol. The van der Waals surface area contributed by atoms with Gasteiger partial charge in [0, 0.05) is 6.20 Å². The largest absolute Gasteiger partial charge is 0.492 e. The Hall–Kier alpha value is -0.660. The minimum absolute atomic E-state index is 0.183. The van der Waals surface area contributed by atoms with Crippen LogP contribution in [0.5, 0.6) is 5.75 Å². The molecule has 0 fully saturated rings. The summed E-state index contributed by atoms with van der Waals surface area (Å²) >= 11 is 4.14. The van der Waals surface area contributed by atoms with Crippen LogP contribution in [0.15, 0.2) is 29.9 Å². The van der Waals surface area contributed by atoms with E-state index in [1.807, 2.05) is 6.20 Å². The van der Waals surface area contributed by atoms with Crippen LogP contribution in [0.1, 0.15) is 43.9 Å². The standard InChI is InChI=1S/C16H21IN2OS/c1-3-5-19-16(13-8-15(17)21-11-13)12-7-14(10-18-9-12)20-6-4-2/h7-11,16,19H,3-6H2,1-2H3. The summed E-state index contributed by atoms with van der Waals surface area (Å²) in [6.07, 6.45) is 5.83. The van der Waals surface area contributed by atoms with E-state index in [1.165, 1.54) is 8.45 Å². The third kappa shape index (κ3) is 4.93. The highest BCUT2D eigenvalue weighted by Crippen LogP contribution is 2.28. The molecule has 0 amide bonds. The van der Waals surface area contributed by atoms with Crippen molar-refractivity contribution in [2.75, 3.05) is 13.2 Å². The highest BCUT2D eigenvalue weighted by Gasteiger charge is 2.16. The van der Waals surface area contributed by atoms with Gasteiger partial charge in [-0.1, -0.05) is 13.8 Å². The Morgan fingerprint density at radius 2 is 2.10 bits per heavy atom. The number of nitrogens with zero attached hydrogens (tertiary/aromatic N) is 1. The molecule has 21 heavy (non-hydrogen) atoms. The number of aromatic nitrogens is 1. The molecule has 2 rings (SSSR count). The zero-order chi connectivity index (χ0) is 15.1. The van der Waals surface area contributed by atoms with Crippen molar-refractivity contribution in [3.63, 3.8) is 0 Å². The van der Waals surface area contributed by atoms with Crippen LogP contribution in [0.4, 0.5) is 0 Å². The molecule has 114 valence electrons. The molecule has 1 atom stereocenters. The summed E-state index contributed by atoms with van der Waals surface area (Å²) < 4.78 is 7.01. The van der Waals surface area contributed by atoms with Gasteiger partial charge >= 0.3 is 0 Å². The molecule has 5 heteroatoms. The molecule has 0 saturated heterocycles. The van der Waals surface area contributed by atoms with Gasteiger partial charge in [-0.25, -0.2) is 0 Å². The summed E-state index contributed by atoms with van der Waals surface area (Å²) in [4.78, 5) is 4.34. The number of halogens is 1. The molecular formula is C16H21IN2OS. The first-order valence-electron chi connectivity index (χ1n) is 7.29. The Balaban J connectivity index is 2.23. The molecule has 0 bridgehead atoms. The Kier molecular flexibility index (Phi) is 6.92. The summed E-state index contributed by atoms with van der Waals surface area (Å²) in [7, 11) is 0. The normalized spacial score (nSPS) is 12.3. The molecule has 1 N–H and O–H groups in total. The lowest BCUT2D eigenvalue weighted by atomic mass is 10.0. The molecule has 0 aliphatic rings. The number of nitrogens with one attached hydrogen (secondary N) is 1. The lowest BCUT2D eigenvalue weighted by Gasteiger charge is -2.18. The van der Waals surface area contributed by atoms with Crippen LogP contribution in [0.3, 0.4) is 0 Å². The van der Waals surface area contributed by atoms with E-state index in [1.54, 1.807) is 17.5 Å². The van der Waals surface area contributed by atoms with Gasteiger partial charge < -0.3 is 10.1 Å². The summed E-state index contributed by atoms with van der Waals surface area (Å²) in [5.41, 5.74) is 2.46. The molecule has 0 radical (unpaired) electrons. The van der Waals surface area contributed by atoms with Crippen molar-refractivity contribution in [1.82, 2.24) is 10.3 Å². The fourth-order valence-corrected chi connectivity index (χ4v) is 3.48. The monoisotopic (exact) mass is 416 g/mol. The van der Waals surface area contributed by atoms with Crippen LogP contribution in [0.25, 0.3) is 0 Å². The van der Waals surface area contributed by atoms with Gasteiger partial charge in [0.2, 0.25) is 0 Å². The Labute approximate surface area is 144 Å². The first-order valence-corrected chi connectivity index (χ1v) is 9.25. The van der Waals surface area contributed by atoms with Gasteiger partial charge in [0.1, 0.15) is 5.75 Å². The molecule has 0 spiro atoms. The minimum atomic E-state index is 0.183. The van der Waals surface area contributed by atoms with Crippen LogP contribution < -0.4 is 10.1 Å². The molecule has 0 aliphatic heterocycles. The van der Waals surface area contributed by atoms with E-state index in [2.05, 4.69) is 64.3 Å². The Morgan fingerprint density at radius 1 is 1.24 bits per heavy atom. The van der Waals surface area contributed by atoms with Crippen molar-refractivity contribution in [3.05, 3.63) is 43.9 Å². The number of hydrogen-bond donors (Lipinski definition) is 1. The van der Waals surface area contributed by atoms with Gasteiger partial charge in [-0.3, -0.25) is 4.98 Å². The summed E-state index contributed by atoms with van der Waals surface area (Å²) in [5.74, 6) is 0.850. The first-order chi connectivity index (χ1) is 10.2.